The van der Waals surface area contributed by atoms with Gasteiger partial charge in [-0.3, -0.25) is 19.4 Å². The molecule has 9 heteroatoms. The maximum absolute atomic E-state index is 12.9. The van der Waals surface area contributed by atoms with E-state index >= 15 is 0 Å². The highest BCUT2D eigenvalue weighted by Gasteiger charge is 2.47. The van der Waals surface area contributed by atoms with Crippen LogP contribution in [0.2, 0.25) is 0 Å². The lowest BCUT2D eigenvalue weighted by Crippen LogP contribution is -2.53. The first-order valence-corrected chi connectivity index (χ1v) is 9.11. The third-order valence-corrected chi connectivity index (χ3v) is 4.92. The van der Waals surface area contributed by atoms with Gasteiger partial charge in [0.05, 0.1) is 12.1 Å². The average Bonchev–Trinajstić information content (AvgIpc) is 3.17. The number of amides is 1. The molecule has 3 rings (SSSR count). The number of halogens is 1. The summed E-state index contributed by atoms with van der Waals surface area (Å²) in [6, 6.07) is 7.95. The third-order valence-electron chi connectivity index (χ3n) is 4.92. The smallest absolute Gasteiger partial charge is 0.305 e. The van der Waals surface area contributed by atoms with Crippen molar-refractivity contribution in [2.45, 2.75) is 37.8 Å². The topological polar surface area (TPSA) is 118 Å². The predicted octanol–water partition coefficient (Wildman–Crippen LogP) is 2.01. The molecule has 0 spiro atoms. The molecule has 0 radical (unpaired) electrons. The van der Waals surface area contributed by atoms with Gasteiger partial charge in [0.15, 0.2) is 5.78 Å². The Morgan fingerprint density at radius 2 is 2.07 bits per heavy atom. The van der Waals surface area contributed by atoms with Crippen LogP contribution in [0.25, 0.3) is 10.8 Å². The van der Waals surface area contributed by atoms with Gasteiger partial charge in [-0.05, 0) is 17.9 Å². The Labute approximate surface area is 165 Å². The van der Waals surface area contributed by atoms with Gasteiger partial charge in [-0.1, -0.05) is 36.3 Å². The lowest BCUT2D eigenvalue weighted by atomic mass is 9.90. The molecule has 1 aromatic heterocycles. The van der Waals surface area contributed by atoms with Gasteiger partial charge in [0.25, 0.3) is 5.91 Å². The average molecular weight is 401 g/mol. The number of fused-ring (bicyclic) bond motifs is 1. The Morgan fingerprint density at radius 3 is 2.76 bits per heavy atom. The van der Waals surface area contributed by atoms with Crippen molar-refractivity contribution in [3.05, 3.63) is 42.2 Å². The Balaban J connectivity index is 1.83. The molecule has 1 amide bonds. The number of pyridine rings is 1. The number of benzene rings is 1. The van der Waals surface area contributed by atoms with Crippen LogP contribution < -0.4 is 5.32 Å². The number of alkyl halides is 1. The molecule has 1 aliphatic rings. The number of carbonyl (C=O) groups is 3. The Morgan fingerprint density at radius 1 is 1.31 bits per heavy atom. The monoisotopic (exact) mass is 401 g/mol. The number of nitrogens with zero attached hydrogens (tertiary/aromatic N) is 2. The van der Waals surface area contributed by atoms with Gasteiger partial charge in [-0.25, -0.2) is 4.39 Å². The summed E-state index contributed by atoms with van der Waals surface area (Å²) in [5.41, 5.74) is -0.389. The summed E-state index contributed by atoms with van der Waals surface area (Å²) < 4.78 is 12.8. The highest BCUT2D eigenvalue weighted by atomic mass is 19.1. The zero-order valence-corrected chi connectivity index (χ0v) is 15.7. The number of ketones is 1. The SMILES string of the molecule is CCC1(C(=O)N[C@@H](CC(=O)O)C(=O)CF)CC(c2nccc3ccccc23)=NO1. The van der Waals surface area contributed by atoms with E-state index in [1.807, 2.05) is 30.3 Å². The van der Waals surface area contributed by atoms with E-state index in [-0.39, 0.29) is 12.8 Å². The number of oxime groups is 1. The zero-order chi connectivity index (χ0) is 21.0. The molecule has 0 saturated carbocycles. The van der Waals surface area contributed by atoms with E-state index in [2.05, 4.69) is 15.5 Å². The summed E-state index contributed by atoms with van der Waals surface area (Å²) in [7, 11) is 0. The second-order valence-corrected chi connectivity index (χ2v) is 6.76. The van der Waals surface area contributed by atoms with Gasteiger partial charge in [0.2, 0.25) is 5.60 Å². The Hall–Kier alpha value is -3.36. The normalized spacial score (nSPS) is 19.3. The van der Waals surface area contributed by atoms with E-state index in [0.717, 1.165) is 10.8 Å². The minimum absolute atomic E-state index is 0.0833. The van der Waals surface area contributed by atoms with Crippen molar-refractivity contribution in [2.75, 3.05) is 6.67 Å². The molecule has 29 heavy (non-hydrogen) atoms. The number of hydrogen-bond donors (Lipinski definition) is 2. The van der Waals surface area contributed by atoms with Gasteiger partial charge in [0, 0.05) is 18.0 Å². The summed E-state index contributed by atoms with van der Waals surface area (Å²) in [5.74, 6) is -3.05. The Kier molecular flexibility index (Phi) is 5.86. The van der Waals surface area contributed by atoms with Crippen LogP contribution >= 0.6 is 0 Å². The lowest BCUT2D eigenvalue weighted by molar-refractivity contribution is -0.148. The highest BCUT2D eigenvalue weighted by Crippen LogP contribution is 2.32. The first-order chi connectivity index (χ1) is 13.9. The van der Waals surface area contributed by atoms with Crippen molar-refractivity contribution in [2.24, 2.45) is 5.16 Å². The minimum Gasteiger partial charge on any atom is -0.481 e. The maximum Gasteiger partial charge on any atom is 0.305 e. The quantitative estimate of drug-likeness (QED) is 0.699. The van der Waals surface area contributed by atoms with Crippen molar-refractivity contribution in [1.29, 1.82) is 0 Å². The second-order valence-electron chi connectivity index (χ2n) is 6.76. The number of nitrogens with one attached hydrogen (secondary N) is 1. The maximum atomic E-state index is 12.9. The molecule has 1 unspecified atom stereocenters. The fourth-order valence-electron chi connectivity index (χ4n) is 3.23. The van der Waals surface area contributed by atoms with E-state index in [1.165, 1.54) is 0 Å². The molecule has 0 aliphatic carbocycles. The molecule has 152 valence electrons. The number of aromatic nitrogens is 1. The number of aliphatic carboxylic acids is 1. The number of carboxylic acids is 1. The largest absolute Gasteiger partial charge is 0.481 e. The number of carbonyl (C=O) groups excluding carboxylic acids is 2. The summed E-state index contributed by atoms with van der Waals surface area (Å²) >= 11 is 0. The third kappa shape index (κ3) is 4.08. The molecule has 1 aliphatic heterocycles. The zero-order valence-electron chi connectivity index (χ0n) is 15.7. The molecule has 0 bridgehead atoms. The molecular formula is C20H20FN3O5. The number of rotatable bonds is 8. The minimum atomic E-state index is -1.48. The molecule has 8 nitrogen and oxygen atoms in total. The van der Waals surface area contributed by atoms with E-state index in [1.54, 1.807) is 13.1 Å². The highest BCUT2D eigenvalue weighted by molar-refractivity contribution is 6.12. The van der Waals surface area contributed by atoms with Gasteiger partial charge < -0.3 is 15.3 Å². The van der Waals surface area contributed by atoms with Crippen molar-refractivity contribution in [3.63, 3.8) is 0 Å². The van der Waals surface area contributed by atoms with Crippen LogP contribution in [-0.2, 0) is 19.2 Å². The van der Waals surface area contributed by atoms with Crippen LogP contribution in [0.15, 0.2) is 41.7 Å². The van der Waals surface area contributed by atoms with Crippen LogP contribution in [0.3, 0.4) is 0 Å². The van der Waals surface area contributed by atoms with E-state index in [9.17, 15) is 18.8 Å². The summed E-state index contributed by atoms with van der Waals surface area (Å²) in [6.45, 7) is 0.331. The summed E-state index contributed by atoms with van der Waals surface area (Å²) in [4.78, 5) is 45.3. The van der Waals surface area contributed by atoms with Crippen LogP contribution in [0.5, 0.6) is 0 Å². The lowest BCUT2D eigenvalue weighted by Gasteiger charge is -2.26. The van der Waals surface area contributed by atoms with Crippen molar-refractivity contribution in [3.8, 4) is 0 Å². The molecule has 2 N–H and O–H groups in total. The van der Waals surface area contributed by atoms with E-state index in [0.29, 0.717) is 11.4 Å². The first-order valence-electron chi connectivity index (χ1n) is 9.11. The molecule has 2 aromatic rings. The van der Waals surface area contributed by atoms with Gasteiger partial charge in [0.1, 0.15) is 18.4 Å². The fraction of sp³-hybridized carbons (Fsp3) is 0.350. The van der Waals surface area contributed by atoms with E-state index in [4.69, 9.17) is 9.94 Å². The first kappa shape index (κ1) is 20.4. The number of carboxylic acid groups (broad SMARTS) is 1. The summed E-state index contributed by atoms with van der Waals surface area (Å²) in [5, 5.41) is 17.1. The van der Waals surface area contributed by atoms with Crippen LogP contribution in [0.1, 0.15) is 31.9 Å². The second kappa shape index (κ2) is 8.34. The summed E-state index contributed by atoms with van der Waals surface area (Å²) in [6.07, 6.45) is 1.21. The van der Waals surface area contributed by atoms with Gasteiger partial charge >= 0.3 is 5.97 Å². The molecular weight excluding hydrogens is 381 g/mol. The van der Waals surface area contributed by atoms with Crippen molar-refractivity contribution < 1.29 is 28.7 Å². The van der Waals surface area contributed by atoms with Crippen molar-refractivity contribution >= 4 is 34.1 Å². The number of hydrogen-bond acceptors (Lipinski definition) is 6. The molecule has 0 fully saturated rings. The molecule has 2 atom stereocenters. The van der Waals surface area contributed by atoms with Crippen molar-refractivity contribution in [1.82, 2.24) is 10.3 Å². The van der Waals surface area contributed by atoms with Crippen LogP contribution in [0, 0.1) is 0 Å². The molecule has 2 heterocycles. The van der Waals surface area contributed by atoms with E-state index < -0.39 is 42.4 Å². The fourth-order valence-corrected chi connectivity index (χ4v) is 3.23. The molecule has 0 saturated heterocycles. The standard InChI is InChI=1S/C20H20FN3O5/c1-2-20(19(28)23-14(9-17(26)27)16(25)11-21)10-15(24-29-20)18-13-6-4-3-5-12(13)7-8-22-18/h3-8,14H,2,9-11H2,1H3,(H,23,28)(H,26,27)/t14-,20?/m0/s1. The van der Waals surface area contributed by atoms with Gasteiger partial charge in [-0.2, -0.15) is 0 Å². The number of Topliss-reactive ketones (excluding diaryl/α,β-unsaturated/α-hetero) is 1. The molecule has 1 aromatic carbocycles. The van der Waals surface area contributed by atoms with Gasteiger partial charge in [-0.15, -0.1) is 0 Å². The Bertz CT molecular complexity index is 988. The predicted molar refractivity (Wildman–Crippen MR) is 102 cm³/mol. The van der Waals surface area contributed by atoms with Crippen LogP contribution in [0.4, 0.5) is 4.39 Å². The van der Waals surface area contributed by atoms with Crippen LogP contribution in [-0.4, -0.2) is 51.8 Å².